The second kappa shape index (κ2) is 4.90. The molecule has 0 N–H and O–H groups in total. The number of carbonyl (C=O) groups is 2. The van der Waals surface area contributed by atoms with Gasteiger partial charge in [-0.1, -0.05) is 6.58 Å². The van der Waals surface area contributed by atoms with Crippen molar-refractivity contribution in [1.29, 1.82) is 0 Å². The molecule has 0 aromatic rings. The monoisotopic (exact) mass is 278 g/mol. The molecule has 110 valence electrons. The van der Waals surface area contributed by atoms with Gasteiger partial charge in [0.15, 0.2) is 6.61 Å². The molecule has 0 amide bonds. The van der Waals surface area contributed by atoms with E-state index in [9.17, 15) is 9.59 Å². The zero-order valence-corrected chi connectivity index (χ0v) is 12.0. The molecule has 0 unspecified atom stereocenters. The van der Waals surface area contributed by atoms with E-state index >= 15 is 0 Å². The number of carbonyl (C=O) groups excluding carboxylic acids is 2. The highest BCUT2D eigenvalue weighted by Crippen LogP contribution is 2.59. The van der Waals surface area contributed by atoms with E-state index in [1.807, 2.05) is 0 Å². The van der Waals surface area contributed by atoms with Gasteiger partial charge in [0.2, 0.25) is 0 Å². The van der Waals surface area contributed by atoms with Gasteiger partial charge in [-0.15, -0.1) is 0 Å². The van der Waals surface area contributed by atoms with Gasteiger partial charge in [-0.25, -0.2) is 9.59 Å². The van der Waals surface area contributed by atoms with E-state index in [0.717, 1.165) is 17.9 Å². The van der Waals surface area contributed by atoms with Crippen molar-refractivity contribution in [2.45, 2.75) is 44.6 Å². The van der Waals surface area contributed by atoms with Gasteiger partial charge < -0.3 is 9.47 Å². The molecule has 0 aliphatic heterocycles. The van der Waals surface area contributed by atoms with Crippen LogP contribution in [-0.4, -0.2) is 24.1 Å². The molecule has 20 heavy (non-hydrogen) atoms. The van der Waals surface area contributed by atoms with Crippen molar-refractivity contribution < 1.29 is 19.1 Å². The average Bonchev–Trinajstić information content (AvgIpc) is 2.41. The Bertz CT molecular complexity index is 412. The molecule has 0 aromatic carbocycles. The summed E-state index contributed by atoms with van der Waals surface area (Å²) in [5.41, 5.74) is -0.356. The van der Waals surface area contributed by atoms with Crippen LogP contribution in [0.25, 0.3) is 0 Å². The summed E-state index contributed by atoms with van der Waals surface area (Å²) in [6.07, 6.45) is 7.16. The minimum Gasteiger partial charge on any atom is -0.456 e. The largest absolute Gasteiger partial charge is 0.456 e. The SMILES string of the molecule is C=CC(=O)OCC(=O)OC1(C)C2CC3CC(C2)CC1C3. The van der Waals surface area contributed by atoms with Crippen molar-refractivity contribution in [3.8, 4) is 0 Å². The minimum absolute atomic E-state index is 0.313. The molecule has 0 atom stereocenters. The van der Waals surface area contributed by atoms with E-state index in [-0.39, 0.29) is 12.2 Å². The molecule has 4 aliphatic carbocycles. The fourth-order valence-electron chi connectivity index (χ4n) is 4.75. The van der Waals surface area contributed by atoms with E-state index in [1.54, 1.807) is 0 Å². The van der Waals surface area contributed by atoms with Gasteiger partial charge in [0.05, 0.1) is 0 Å². The fraction of sp³-hybridized carbons (Fsp3) is 0.750. The predicted octanol–water partition coefficient (Wildman–Crippen LogP) is 2.47. The Hall–Kier alpha value is -1.32. The third-order valence-corrected chi connectivity index (χ3v) is 5.59. The van der Waals surface area contributed by atoms with Crippen molar-refractivity contribution in [2.24, 2.45) is 23.7 Å². The van der Waals surface area contributed by atoms with Gasteiger partial charge in [-0.05, 0) is 62.7 Å². The molecule has 4 nitrogen and oxygen atoms in total. The zero-order valence-electron chi connectivity index (χ0n) is 12.0. The van der Waals surface area contributed by atoms with E-state index in [1.165, 1.54) is 32.1 Å². The smallest absolute Gasteiger partial charge is 0.344 e. The maximum atomic E-state index is 11.9. The lowest BCUT2D eigenvalue weighted by Crippen LogP contribution is -2.58. The van der Waals surface area contributed by atoms with Crippen LogP contribution < -0.4 is 0 Å². The van der Waals surface area contributed by atoms with Crippen LogP contribution in [0.1, 0.15) is 39.0 Å². The van der Waals surface area contributed by atoms with Crippen molar-refractivity contribution in [1.82, 2.24) is 0 Å². The second-order valence-electron chi connectivity index (χ2n) is 6.77. The number of ether oxygens (including phenoxy) is 2. The predicted molar refractivity (Wildman–Crippen MR) is 72.7 cm³/mol. The van der Waals surface area contributed by atoms with Crippen LogP contribution in [-0.2, 0) is 19.1 Å². The first-order valence-corrected chi connectivity index (χ1v) is 7.52. The Morgan fingerprint density at radius 3 is 2.20 bits per heavy atom. The minimum atomic E-state index is -0.586. The van der Waals surface area contributed by atoms with Crippen LogP contribution in [0.2, 0.25) is 0 Å². The highest BCUT2D eigenvalue weighted by molar-refractivity contribution is 5.83. The fourth-order valence-corrected chi connectivity index (χ4v) is 4.75. The van der Waals surface area contributed by atoms with Gasteiger partial charge in [-0.2, -0.15) is 0 Å². The molecule has 4 fully saturated rings. The number of hydrogen-bond acceptors (Lipinski definition) is 4. The normalized spacial score (nSPS) is 41.2. The number of esters is 2. The maximum Gasteiger partial charge on any atom is 0.344 e. The highest BCUT2D eigenvalue weighted by atomic mass is 16.6. The third kappa shape index (κ3) is 2.25. The average molecular weight is 278 g/mol. The molecule has 0 spiro atoms. The van der Waals surface area contributed by atoms with Crippen LogP contribution in [0.4, 0.5) is 0 Å². The van der Waals surface area contributed by atoms with Gasteiger partial charge in [0.25, 0.3) is 0 Å². The molecule has 0 heterocycles. The lowest BCUT2D eigenvalue weighted by atomic mass is 9.50. The van der Waals surface area contributed by atoms with Gasteiger partial charge in [-0.3, -0.25) is 0 Å². The van der Waals surface area contributed by atoms with E-state index in [2.05, 4.69) is 13.5 Å². The molecule has 4 rings (SSSR count). The Labute approximate surface area is 119 Å². The van der Waals surface area contributed by atoms with Crippen molar-refractivity contribution >= 4 is 11.9 Å². The van der Waals surface area contributed by atoms with Crippen molar-refractivity contribution in [2.75, 3.05) is 6.61 Å². The summed E-state index contributed by atoms with van der Waals surface area (Å²) in [7, 11) is 0. The second-order valence-corrected chi connectivity index (χ2v) is 6.77. The lowest BCUT2D eigenvalue weighted by Gasteiger charge is -2.59. The van der Waals surface area contributed by atoms with E-state index < -0.39 is 11.9 Å². The van der Waals surface area contributed by atoms with Crippen LogP contribution in [0.3, 0.4) is 0 Å². The van der Waals surface area contributed by atoms with E-state index in [4.69, 9.17) is 9.47 Å². The Morgan fingerprint density at radius 2 is 1.70 bits per heavy atom. The Kier molecular flexibility index (Phi) is 3.35. The van der Waals surface area contributed by atoms with Gasteiger partial charge >= 0.3 is 11.9 Å². The maximum absolute atomic E-state index is 11.9. The molecular weight excluding hydrogens is 256 g/mol. The standard InChI is InChI=1S/C16H22O4/c1-3-14(17)19-9-15(18)20-16(2)12-5-10-4-11(7-12)8-13(16)6-10/h3,10-13H,1,4-9H2,2H3. The first-order valence-electron chi connectivity index (χ1n) is 7.52. The summed E-state index contributed by atoms with van der Waals surface area (Å²) in [6.45, 7) is 5.06. The van der Waals surface area contributed by atoms with Crippen LogP contribution in [0.15, 0.2) is 12.7 Å². The molecular formula is C16H22O4. The lowest BCUT2D eigenvalue weighted by molar-refractivity contribution is -0.206. The van der Waals surface area contributed by atoms with Crippen molar-refractivity contribution in [3.05, 3.63) is 12.7 Å². The first kappa shape index (κ1) is 13.7. The van der Waals surface area contributed by atoms with Gasteiger partial charge in [0, 0.05) is 6.08 Å². The van der Waals surface area contributed by atoms with Crippen LogP contribution in [0.5, 0.6) is 0 Å². The zero-order chi connectivity index (χ0) is 14.3. The highest BCUT2D eigenvalue weighted by Gasteiger charge is 2.57. The Balaban J connectivity index is 1.62. The third-order valence-electron chi connectivity index (χ3n) is 5.59. The summed E-state index contributed by atoms with van der Waals surface area (Å²) >= 11 is 0. The van der Waals surface area contributed by atoms with Gasteiger partial charge in [0.1, 0.15) is 5.60 Å². The summed E-state index contributed by atoms with van der Waals surface area (Å²) < 4.78 is 10.5. The molecule has 0 saturated heterocycles. The number of hydrogen-bond donors (Lipinski definition) is 0. The summed E-state index contributed by atoms with van der Waals surface area (Å²) in [4.78, 5) is 22.9. The van der Waals surface area contributed by atoms with E-state index in [0.29, 0.717) is 11.8 Å². The quantitative estimate of drug-likeness (QED) is 0.585. The van der Waals surface area contributed by atoms with Crippen LogP contribution in [0, 0.1) is 23.7 Å². The molecule has 4 heteroatoms. The molecule has 4 bridgehead atoms. The summed E-state index contributed by atoms with van der Waals surface area (Å²) in [5, 5.41) is 0. The molecule has 0 aromatic heterocycles. The Morgan fingerprint density at radius 1 is 1.15 bits per heavy atom. The van der Waals surface area contributed by atoms with Crippen molar-refractivity contribution in [3.63, 3.8) is 0 Å². The topological polar surface area (TPSA) is 52.6 Å². The summed E-state index contributed by atoms with van der Waals surface area (Å²) in [5.74, 6) is 1.62. The first-order chi connectivity index (χ1) is 9.51. The number of rotatable bonds is 4. The van der Waals surface area contributed by atoms with Crippen LogP contribution >= 0.6 is 0 Å². The molecule has 4 saturated carbocycles. The summed E-state index contributed by atoms with van der Waals surface area (Å²) in [6, 6.07) is 0. The molecule has 0 radical (unpaired) electrons. The molecule has 4 aliphatic rings.